The Balaban J connectivity index is 3.43. The van der Waals surface area contributed by atoms with Gasteiger partial charge in [-0.15, -0.1) is 6.42 Å². The molecule has 0 fully saturated rings. The van der Waals surface area contributed by atoms with E-state index >= 15 is 0 Å². The van der Waals surface area contributed by atoms with Crippen molar-refractivity contribution in [2.24, 2.45) is 0 Å². The van der Waals surface area contributed by atoms with Crippen molar-refractivity contribution in [1.82, 2.24) is 0 Å². The summed E-state index contributed by atoms with van der Waals surface area (Å²) in [6.07, 6.45) is 5.25. The molecule has 0 radical (unpaired) electrons. The molecule has 0 aliphatic heterocycles. The lowest BCUT2D eigenvalue weighted by Gasteiger charge is -2.02. The van der Waals surface area contributed by atoms with E-state index in [2.05, 4.69) is 10.8 Å². The molecule has 58 valence electrons. The number of aryl methyl sites for hydroxylation is 2. The smallest absolute Gasteiger partial charge is 0.193 e. The fourth-order valence-electron chi connectivity index (χ4n) is 1.22. The van der Waals surface area contributed by atoms with E-state index in [0.717, 1.165) is 16.7 Å². The molecule has 0 unspecified atom stereocenters. The largest absolute Gasteiger partial charge is 0.238 e. The molecular weight excluding hydrogens is 146 g/mol. The molecule has 0 amide bonds. The van der Waals surface area contributed by atoms with Crippen LogP contribution in [0, 0.1) is 32.8 Å². The zero-order valence-electron chi connectivity index (χ0n) is 7.18. The van der Waals surface area contributed by atoms with Crippen LogP contribution in [0.15, 0.2) is 12.1 Å². The molecule has 1 aromatic carbocycles. The molecule has 0 aliphatic carbocycles. The van der Waals surface area contributed by atoms with Crippen molar-refractivity contribution in [1.29, 1.82) is 0 Å². The first-order chi connectivity index (χ1) is 5.69. The third kappa shape index (κ3) is 1.31. The van der Waals surface area contributed by atoms with Gasteiger partial charge >= 0.3 is 0 Å². The second-order valence-electron chi connectivity index (χ2n) is 2.71. The van der Waals surface area contributed by atoms with Crippen molar-refractivity contribution < 1.29 is 0 Å². The summed E-state index contributed by atoms with van der Waals surface area (Å²) in [5.74, 6) is 2.56. The molecule has 0 bridgehead atoms. The molecule has 0 aliphatic rings. The lowest BCUT2D eigenvalue weighted by atomic mass is 10.1. The molecule has 0 heterocycles. The van der Waals surface area contributed by atoms with E-state index in [9.17, 15) is 0 Å². The molecule has 0 saturated heterocycles. The van der Waals surface area contributed by atoms with Gasteiger partial charge in [-0.2, -0.15) is 0 Å². The van der Waals surface area contributed by atoms with Crippen LogP contribution < -0.4 is 0 Å². The van der Waals surface area contributed by atoms with Crippen LogP contribution in [0.25, 0.3) is 4.85 Å². The summed E-state index contributed by atoms with van der Waals surface area (Å²) >= 11 is 0. The highest BCUT2D eigenvalue weighted by atomic mass is 14.6. The quantitative estimate of drug-likeness (QED) is 0.401. The normalized spacial score (nSPS) is 8.67. The molecule has 1 heteroatoms. The van der Waals surface area contributed by atoms with Gasteiger partial charge in [0.1, 0.15) is 0 Å². The Morgan fingerprint density at radius 2 is 1.83 bits per heavy atom. The van der Waals surface area contributed by atoms with Crippen LogP contribution >= 0.6 is 0 Å². The van der Waals surface area contributed by atoms with E-state index in [1.807, 2.05) is 26.0 Å². The number of hydrogen-bond acceptors (Lipinski definition) is 0. The standard InChI is InChI=1S/C11H9N/c1-5-10-6-8(2)11(12-4)9(3)7-10/h1,6-7H,2-3H3. The minimum atomic E-state index is 0.717. The molecule has 0 spiro atoms. The Bertz CT molecular complexity index is 365. The van der Waals surface area contributed by atoms with Gasteiger partial charge in [-0.3, -0.25) is 0 Å². The molecule has 1 nitrogen and oxygen atoms in total. The summed E-state index contributed by atoms with van der Waals surface area (Å²) in [4.78, 5) is 3.43. The Kier molecular flexibility index (Phi) is 2.17. The summed E-state index contributed by atoms with van der Waals surface area (Å²) < 4.78 is 0. The average molecular weight is 155 g/mol. The molecule has 0 saturated carbocycles. The van der Waals surface area contributed by atoms with E-state index in [0.29, 0.717) is 5.69 Å². The first kappa shape index (κ1) is 8.37. The molecule has 1 aromatic rings. The maximum Gasteiger partial charge on any atom is 0.193 e. The Morgan fingerprint density at radius 1 is 1.33 bits per heavy atom. The number of benzene rings is 1. The summed E-state index contributed by atoms with van der Waals surface area (Å²) in [5, 5.41) is 0. The highest BCUT2D eigenvalue weighted by molar-refractivity contribution is 5.60. The molecule has 12 heavy (non-hydrogen) atoms. The fraction of sp³-hybridized carbons (Fsp3) is 0.182. The molecular formula is C11H9N. The van der Waals surface area contributed by atoms with Gasteiger partial charge in [-0.25, -0.2) is 4.85 Å². The number of terminal acetylenes is 1. The van der Waals surface area contributed by atoms with Crippen molar-refractivity contribution in [3.8, 4) is 12.3 Å². The number of nitrogens with zero attached hydrogens (tertiary/aromatic N) is 1. The van der Waals surface area contributed by atoms with Crippen molar-refractivity contribution in [2.45, 2.75) is 13.8 Å². The summed E-state index contributed by atoms with van der Waals surface area (Å²) in [5.41, 5.74) is 3.47. The maximum atomic E-state index is 6.93. The predicted molar refractivity (Wildman–Crippen MR) is 50.1 cm³/mol. The van der Waals surface area contributed by atoms with Crippen molar-refractivity contribution in [3.63, 3.8) is 0 Å². The summed E-state index contributed by atoms with van der Waals surface area (Å²) in [7, 11) is 0. The second kappa shape index (κ2) is 3.11. The number of rotatable bonds is 0. The van der Waals surface area contributed by atoms with E-state index in [4.69, 9.17) is 13.0 Å². The van der Waals surface area contributed by atoms with Gasteiger partial charge < -0.3 is 0 Å². The monoisotopic (exact) mass is 155 g/mol. The average Bonchev–Trinajstić information content (AvgIpc) is 2.03. The summed E-state index contributed by atoms with van der Waals surface area (Å²) in [6.45, 7) is 10.7. The zero-order chi connectivity index (χ0) is 9.14. The van der Waals surface area contributed by atoms with Crippen molar-refractivity contribution >= 4 is 5.69 Å². The highest BCUT2D eigenvalue weighted by Gasteiger charge is 2.02. The third-order valence-corrected chi connectivity index (χ3v) is 1.77. The first-order valence-corrected chi connectivity index (χ1v) is 3.64. The molecule has 1 rings (SSSR count). The van der Waals surface area contributed by atoms with E-state index in [1.165, 1.54) is 0 Å². The van der Waals surface area contributed by atoms with Gasteiger partial charge in [-0.05, 0) is 25.0 Å². The van der Waals surface area contributed by atoms with Gasteiger partial charge in [0.15, 0.2) is 5.69 Å². The Labute approximate surface area is 72.9 Å². The van der Waals surface area contributed by atoms with E-state index < -0.39 is 0 Å². The maximum absolute atomic E-state index is 6.93. The predicted octanol–water partition coefficient (Wildman–Crippen LogP) is 2.84. The van der Waals surface area contributed by atoms with Crippen LogP contribution in [0.1, 0.15) is 16.7 Å². The SMILES string of the molecule is [C-]#[N+]c1c(C)cc(C#C)cc1C. The van der Waals surface area contributed by atoms with Gasteiger partial charge in [-0.1, -0.05) is 18.1 Å². The minimum Gasteiger partial charge on any atom is -0.238 e. The fourth-order valence-corrected chi connectivity index (χ4v) is 1.22. The molecule has 0 atom stereocenters. The van der Waals surface area contributed by atoms with Crippen LogP contribution in [0.3, 0.4) is 0 Å². The third-order valence-electron chi connectivity index (χ3n) is 1.77. The van der Waals surface area contributed by atoms with Crippen molar-refractivity contribution in [3.05, 3.63) is 40.2 Å². The number of hydrogen-bond donors (Lipinski definition) is 0. The Hall–Kier alpha value is -1.73. The Morgan fingerprint density at radius 3 is 2.17 bits per heavy atom. The summed E-state index contributed by atoms with van der Waals surface area (Å²) in [6, 6.07) is 3.72. The van der Waals surface area contributed by atoms with Crippen LogP contribution in [0.5, 0.6) is 0 Å². The lowest BCUT2D eigenvalue weighted by Crippen LogP contribution is -1.82. The second-order valence-corrected chi connectivity index (χ2v) is 2.71. The lowest BCUT2D eigenvalue weighted by molar-refractivity contribution is 1.39. The van der Waals surface area contributed by atoms with Gasteiger partial charge in [0.05, 0.1) is 6.57 Å². The first-order valence-electron chi connectivity index (χ1n) is 3.64. The van der Waals surface area contributed by atoms with Crippen LogP contribution in [-0.4, -0.2) is 0 Å². The van der Waals surface area contributed by atoms with E-state index in [1.54, 1.807) is 0 Å². The van der Waals surface area contributed by atoms with Crippen LogP contribution in [-0.2, 0) is 0 Å². The topological polar surface area (TPSA) is 4.36 Å². The van der Waals surface area contributed by atoms with E-state index in [-0.39, 0.29) is 0 Å². The minimum absolute atomic E-state index is 0.717. The van der Waals surface area contributed by atoms with Gasteiger partial charge in [0.2, 0.25) is 0 Å². The van der Waals surface area contributed by atoms with Crippen molar-refractivity contribution in [2.75, 3.05) is 0 Å². The van der Waals surface area contributed by atoms with Crippen LogP contribution in [0.2, 0.25) is 0 Å². The molecule has 0 aromatic heterocycles. The molecule has 0 N–H and O–H groups in total. The van der Waals surface area contributed by atoms with Crippen LogP contribution in [0.4, 0.5) is 5.69 Å². The van der Waals surface area contributed by atoms with Gasteiger partial charge in [0, 0.05) is 5.56 Å². The van der Waals surface area contributed by atoms with Gasteiger partial charge in [0.25, 0.3) is 0 Å². The highest BCUT2D eigenvalue weighted by Crippen LogP contribution is 2.24. The zero-order valence-corrected chi connectivity index (χ0v) is 7.18.